The van der Waals surface area contributed by atoms with Crippen molar-refractivity contribution in [2.45, 2.75) is 38.3 Å². The van der Waals surface area contributed by atoms with E-state index >= 15 is 0 Å². The van der Waals surface area contributed by atoms with Gasteiger partial charge in [0.1, 0.15) is 11.6 Å². The van der Waals surface area contributed by atoms with Gasteiger partial charge in [0.2, 0.25) is 6.10 Å². The van der Waals surface area contributed by atoms with Crippen LogP contribution in [0.4, 0.5) is 4.39 Å². The van der Waals surface area contributed by atoms with Crippen LogP contribution in [0.1, 0.15) is 31.1 Å². The van der Waals surface area contributed by atoms with Crippen molar-refractivity contribution in [2.75, 3.05) is 0 Å². The molecule has 2 heterocycles. The molecule has 3 rings (SSSR count). The SMILES string of the molecule is CC(CCc1ccco1)NC(=O)C1CC(c2c(F)cccc2Cl)=NO1. The summed E-state index contributed by atoms with van der Waals surface area (Å²) in [5.41, 5.74) is 0.525. The molecular formula is C18H18ClFN2O3. The summed E-state index contributed by atoms with van der Waals surface area (Å²) in [5.74, 6) is 0.110. The molecule has 0 aliphatic carbocycles. The normalized spacial score (nSPS) is 17.7. The fourth-order valence-corrected chi connectivity index (χ4v) is 2.93. The van der Waals surface area contributed by atoms with E-state index in [0.29, 0.717) is 5.71 Å². The number of benzene rings is 1. The summed E-state index contributed by atoms with van der Waals surface area (Å²) in [6.07, 6.45) is 2.48. The third kappa shape index (κ3) is 4.20. The molecule has 0 spiro atoms. The van der Waals surface area contributed by atoms with Crippen LogP contribution in [-0.2, 0) is 16.1 Å². The number of aryl methyl sites for hydroxylation is 1. The zero-order valence-corrected chi connectivity index (χ0v) is 14.4. The summed E-state index contributed by atoms with van der Waals surface area (Å²) in [5, 5.41) is 6.97. The van der Waals surface area contributed by atoms with E-state index in [-0.39, 0.29) is 29.0 Å². The van der Waals surface area contributed by atoms with Crippen molar-refractivity contribution >= 4 is 23.2 Å². The Morgan fingerprint density at radius 2 is 2.28 bits per heavy atom. The van der Waals surface area contributed by atoms with Gasteiger partial charge >= 0.3 is 0 Å². The number of hydrogen-bond donors (Lipinski definition) is 1. The number of carbonyl (C=O) groups excluding carboxylic acids is 1. The fraction of sp³-hybridized carbons (Fsp3) is 0.333. The van der Waals surface area contributed by atoms with E-state index in [2.05, 4.69) is 10.5 Å². The summed E-state index contributed by atoms with van der Waals surface area (Å²) in [7, 11) is 0. The van der Waals surface area contributed by atoms with Crippen LogP contribution in [0.2, 0.25) is 5.02 Å². The van der Waals surface area contributed by atoms with Gasteiger partial charge in [-0.15, -0.1) is 0 Å². The number of amides is 1. The average Bonchev–Trinajstić information content (AvgIpc) is 3.25. The number of furan rings is 1. The molecule has 7 heteroatoms. The zero-order chi connectivity index (χ0) is 17.8. The van der Waals surface area contributed by atoms with Crippen LogP contribution in [0.3, 0.4) is 0 Å². The largest absolute Gasteiger partial charge is 0.469 e. The molecule has 0 bridgehead atoms. The quantitative estimate of drug-likeness (QED) is 0.850. The summed E-state index contributed by atoms with van der Waals surface area (Å²) in [6.45, 7) is 1.91. The highest BCUT2D eigenvalue weighted by Gasteiger charge is 2.31. The molecule has 25 heavy (non-hydrogen) atoms. The van der Waals surface area contributed by atoms with Crippen molar-refractivity contribution in [3.63, 3.8) is 0 Å². The van der Waals surface area contributed by atoms with Crippen molar-refractivity contribution in [1.29, 1.82) is 0 Å². The fourth-order valence-electron chi connectivity index (χ4n) is 2.66. The molecule has 1 amide bonds. The number of nitrogens with zero attached hydrogens (tertiary/aromatic N) is 1. The summed E-state index contributed by atoms with van der Waals surface area (Å²) >= 11 is 6.03. The third-order valence-corrected chi connectivity index (χ3v) is 4.32. The average molecular weight is 365 g/mol. The number of carbonyl (C=O) groups is 1. The predicted octanol–water partition coefficient (Wildman–Crippen LogP) is 3.70. The maximum Gasteiger partial charge on any atom is 0.264 e. The molecule has 132 valence electrons. The lowest BCUT2D eigenvalue weighted by atomic mass is 10.0. The highest BCUT2D eigenvalue weighted by Crippen LogP contribution is 2.25. The van der Waals surface area contributed by atoms with Crippen molar-refractivity contribution in [3.8, 4) is 0 Å². The Bertz CT molecular complexity index is 756. The zero-order valence-electron chi connectivity index (χ0n) is 13.7. The van der Waals surface area contributed by atoms with Crippen LogP contribution in [-0.4, -0.2) is 23.8 Å². The lowest BCUT2D eigenvalue weighted by Gasteiger charge is -2.15. The van der Waals surface area contributed by atoms with Gasteiger partial charge in [0, 0.05) is 18.9 Å². The minimum atomic E-state index is -0.781. The number of rotatable bonds is 6. The number of nitrogens with one attached hydrogen (secondary N) is 1. The lowest BCUT2D eigenvalue weighted by Crippen LogP contribution is -2.40. The summed E-state index contributed by atoms with van der Waals surface area (Å²) in [6, 6.07) is 8.07. The van der Waals surface area contributed by atoms with E-state index in [9.17, 15) is 9.18 Å². The second kappa shape index (κ2) is 7.70. The Labute approximate surface area is 149 Å². The van der Waals surface area contributed by atoms with Crippen LogP contribution in [0.15, 0.2) is 46.2 Å². The van der Waals surface area contributed by atoms with Gasteiger partial charge in [-0.2, -0.15) is 0 Å². The van der Waals surface area contributed by atoms with Gasteiger partial charge < -0.3 is 14.6 Å². The lowest BCUT2D eigenvalue weighted by molar-refractivity contribution is -0.131. The van der Waals surface area contributed by atoms with Crippen LogP contribution >= 0.6 is 11.6 Å². The molecule has 2 aromatic rings. The van der Waals surface area contributed by atoms with Crippen LogP contribution in [0, 0.1) is 5.82 Å². The van der Waals surface area contributed by atoms with Gasteiger partial charge in [-0.05, 0) is 37.6 Å². The van der Waals surface area contributed by atoms with Gasteiger partial charge in [0.05, 0.1) is 22.6 Å². The summed E-state index contributed by atoms with van der Waals surface area (Å²) < 4.78 is 19.2. The van der Waals surface area contributed by atoms with Gasteiger partial charge in [-0.3, -0.25) is 4.79 Å². The standard InChI is InChI=1S/C18H18ClFN2O3/c1-11(7-8-12-4-3-9-24-12)21-18(23)16-10-15(22-25-16)17-13(19)5-2-6-14(17)20/h2-6,9,11,16H,7-8,10H2,1H3,(H,21,23). The first-order valence-corrected chi connectivity index (χ1v) is 8.42. The Hall–Kier alpha value is -2.34. The van der Waals surface area contributed by atoms with E-state index in [1.165, 1.54) is 12.1 Å². The highest BCUT2D eigenvalue weighted by atomic mass is 35.5. The topological polar surface area (TPSA) is 63.8 Å². The van der Waals surface area contributed by atoms with E-state index in [0.717, 1.165) is 18.6 Å². The van der Waals surface area contributed by atoms with Crippen LogP contribution in [0.25, 0.3) is 0 Å². The summed E-state index contributed by atoms with van der Waals surface area (Å²) in [4.78, 5) is 17.5. The van der Waals surface area contributed by atoms with Gasteiger partial charge in [-0.1, -0.05) is 22.8 Å². The Kier molecular flexibility index (Phi) is 5.38. The van der Waals surface area contributed by atoms with Crippen molar-refractivity contribution in [2.24, 2.45) is 5.16 Å². The first kappa shape index (κ1) is 17.5. The minimum absolute atomic E-state index is 0.0534. The predicted molar refractivity (Wildman–Crippen MR) is 92.1 cm³/mol. The number of oxime groups is 1. The molecule has 1 aliphatic rings. The Morgan fingerprint density at radius 3 is 3.00 bits per heavy atom. The van der Waals surface area contributed by atoms with E-state index in [1.54, 1.807) is 12.3 Å². The van der Waals surface area contributed by atoms with Gasteiger partial charge in [0.15, 0.2) is 0 Å². The molecule has 1 aliphatic heterocycles. The van der Waals surface area contributed by atoms with Crippen LogP contribution < -0.4 is 5.32 Å². The molecule has 0 radical (unpaired) electrons. The monoisotopic (exact) mass is 364 g/mol. The third-order valence-electron chi connectivity index (χ3n) is 4.01. The van der Waals surface area contributed by atoms with Gasteiger partial charge in [0.25, 0.3) is 5.91 Å². The highest BCUT2D eigenvalue weighted by molar-refractivity contribution is 6.34. The van der Waals surface area contributed by atoms with E-state index < -0.39 is 11.9 Å². The molecule has 1 N–H and O–H groups in total. The molecule has 1 aromatic carbocycles. The van der Waals surface area contributed by atoms with Gasteiger partial charge in [-0.25, -0.2) is 4.39 Å². The second-order valence-electron chi connectivity index (χ2n) is 5.96. The Morgan fingerprint density at radius 1 is 1.44 bits per heavy atom. The molecule has 0 saturated carbocycles. The van der Waals surface area contributed by atoms with Crippen molar-refractivity contribution in [3.05, 3.63) is 58.8 Å². The smallest absolute Gasteiger partial charge is 0.264 e. The molecule has 0 saturated heterocycles. The van der Waals surface area contributed by atoms with Crippen LogP contribution in [0.5, 0.6) is 0 Å². The minimum Gasteiger partial charge on any atom is -0.469 e. The first-order valence-electron chi connectivity index (χ1n) is 8.04. The molecule has 5 nitrogen and oxygen atoms in total. The maximum atomic E-state index is 13.9. The molecule has 1 aromatic heterocycles. The molecule has 0 fully saturated rings. The maximum absolute atomic E-state index is 13.9. The molecule has 2 atom stereocenters. The Balaban J connectivity index is 1.53. The second-order valence-corrected chi connectivity index (χ2v) is 6.37. The number of hydrogen-bond acceptors (Lipinski definition) is 4. The van der Waals surface area contributed by atoms with Crippen molar-refractivity contribution < 1.29 is 18.4 Å². The molecular weight excluding hydrogens is 347 g/mol. The van der Waals surface area contributed by atoms with E-state index in [4.69, 9.17) is 20.9 Å². The van der Waals surface area contributed by atoms with Crippen molar-refractivity contribution in [1.82, 2.24) is 5.32 Å². The first-order chi connectivity index (χ1) is 12.0. The molecule has 2 unspecified atom stereocenters. The number of halogens is 2. The van der Waals surface area contributed by atoms with E-state index in [1.807, 2.05) is 19.1 Å².